The van der Waals surface area contributed by atoms with Crippen LogP contribution >= 0.6 is 0 Å². The number of hydrogen-bond donors (Lipinski definition) is 1. The average molecular weight is 275 g/mol. The first kappa shape index (κ1) is 14.1. The van der Waals surface area contributed by atoms with Crippen molar-refractivity contribution in [2.75, 3.05) is 26.2 Å². The molecular weight excluding hydrogens is 248 g/mol. The highest BCUT2D eigenvalue weighted by molar-refractivity contribution is 5.12. The number of aromatic amines is 1. The molecule has 2 radical (unpaired) electrons. The molecule has 3 fully saturated rings. The van der Waals surface area contributed by atoms with Crippen LogP contribution in [0.15, 0.2) is 12.4 Å². The van der Waals surface area contributed by atoms with Crippen LogP contribution < -0.4 is 10.2 Å². The highest BCUT2D eigenvalue weighted by Crippen LogP contribution is 2.39. The summed E-state index contributed by atoms with van der Waals surface area (Å²) in [5.74, 6) is 1.16. The van der Waals surface area contributed by atoms with Crippen molar-refractivity contribution >= 4 is 0 Å². The molecule has 4 heteroatoms. The van der Waals surface area contributed by atoms with Crippen LogP contribution in [0.5, 0.6) is 0 Å². The maximum Gasteiger partial charge on any atom is 0.155 e. The Morgan fingerprint density at radius 1 is 1.05 bits per heavy atom. The third kappa shape index (κ3) is 3.23. The van der Waals surface area contributed by atoms with Gasteiger partial charge >= 0.3 is 0 Å². The highest BCUT2D eigenvalue weighted by atomic mass is 15.3. The first-order valence-corrected chi connectivity index (χ1v) is 8.26. The van der Waals surface area contributed by atoms with Gasteiger partial charge in [0.25, 0.3) is 0 Å². The van der Waals surface area contributed by atoms with Crippen molar-refractivity contribution in [1.29, 1.82) is 0 Å². The standard InChI is InChI=1S/C10H15N3.C6H12N/c1-2-10(3-7-13(10)6-1)8-9-11-4-5-12-9;1-2-4-6-7-5-3-1/h4-5H,1-3,6-8H2,(H,11,12);1-6H2/q+1;. The van der Waals surface area contributed by atoms with Gasteiger partial charge in [0.15, 0.2) is 5.54 Å². The molecule has 110 valence electrons. The molecule has 4 heterocycles. The summed E-state index contributed by atoms with van der Waals surface area (Å²) in [6.45, 7) is 4.86. The van der Waals surface area contributed by atoms with Gasteiger partial charge in [-0.15, -0.1) is 0 Å². The first-order valence-electron chi connectivity index (χ1n) is 8.26. The van der Waals surface area contributed by atoms with Crippen molar-refractivity contribution in [3.05, 3.63) is 18.2 Å². The Labute approximate surface area is 122 Å². The number of H-pyrrole nitrogens is 1. The molecule has 1 aromatic rings. The minimum Gasteiger partial charge on any atom is -0.348 e. The molecule has 1 atom stereocenters. The van der Waals surface area contributed by atoms with Crippen molar-refractivity contribution in [3.8, 4) is 0 Å². The summed E-state index contributed by atoms with van der Waals surface area (Å²) in [6, 6.07) is 0. The maximum absolute atomic E-state index is 4.31. The second-order valence-corrected chi connectivity index (χ2v) is 6.36. The summed E-state index contributed by atoms with van der Waals surface area (Å²) in [4.78, 5) is 10.1. The average Bonchev–Trinajstić information content (AvgIpc) is 2.91. The molecule has 1 aromatic heterocycles. The molecule has 4 rings (SSSR count). The predicted molar refractivity (Wildman–Crippen MR) is 81.1 cm³/mol. The molecular formula is C16H27N4+. The summed E-state index contributed by atoms with van der Waals surface area (Å²) in [5, 5.41) is 4.27. The van der Waals surface area contributed by atoms with E-state index in [2.05, 4.69) is 20.2 Å². The van der Waals surface area contributed by atoms with Gasteiger partial charge in [0, 0.05) is 38.3 Å². The third-order valence-electron chi connectivity index (χ3n) is 5.02. The Morgan fingerprint density at radius 2 is 1.90 bits per heavy atom. The van der Waals surface area contributed by atoms with Crippen LogP contribution in [0.25, 0.3) is 0 Å². The Kier molecular flexibility index (Phi) is 4.73. The van der Waals surface area contributed by atoms with E-state index in [1.807, 2.05) is 12.4 Å². The zero-order valence-electron chi connectivity index (χ0n) is 12.5. The molecule has 1 N–H and O–H groups in total. The van der Waals surface area contributed by atoms with Gasteiger partial charge in [-0.2, -0.15) is 4.90 Å². The van der Waals surface area contributed by atoms with E-state index in [1.54, 1.807) is 0 Å². The molecule has 0 saturated carbocycles. The summed E-state index contributed by atoms with van der Waals surface area (Å²) < 4.78 is 0. The fraction of sp³-hybridized carbons (Fsp3) is 0.812. The molecule has 3 aliphatic heterocycles. The Morgan fingerprint density at radius 3 is 2.50 bits per heavy atom. The first-order chi connectivity index (χ1) is 9.89. The number of nitrogens with one attached hydrogen (secondary N) is 1. The second kappa shape index (κ2) is 6.72. The normalized spacial score (nSPS) is 29.8. The van der Waals surface area contributed by atoms with Gasteiger partial charge in [-0.1, -0.05) is 12.8 Å². The number of rotatable bonds is 2. The van der Waals surface area contributed by atoms with Gasteiger partial charge in [0.05, 0.1) is 12.8 Å². The van der Waals surface area contributed by atoms with Crippen molar-refractivity contribution in [2.45, 2.75) is 56.9 Å². The number of aromatic nitrogens is 2. The van der Waals surface area contributed by atoms with Crippen LogP contribution in [-0.4, -0.2) is 41.7 Å². The van der Waals surface area contributed by atoms with Crippen molar-refractivity contribution < 1.29 is 0 Å². The fourth-order valence-electron chi connectivity index (χ4n) is 3.72. The van der Waals surface area contributed by atoms with E-state index >= 15 is 0 Å². The third-order valence-corrected chi connectivity index (χ3v) is 5.02. The number of imidazole rings is 1. The molecule has 0 amide bonds. The lowest BCUT2D eigenvalue weighted by atomic mass is 9.82. The van der Waals surface area contributed by atoms with E-state index in [4.69, 9.17) is 0 Å². The lowest BCUT2D eigenvalue weighted by Crippen LogP contribution is -2.61. The minimum absolute atomic E-state index is 0.498. The van der Waals surface area contributed by atoms with Gasteiger partial charge in [0.1, 0.15) is 18.9 Å². The van der Waals surface area contributed by atoms with Gasteiger partial charge in [-0.3, -0.25) is 0 Å². The van der Waals surface area contributed by atoms with Gasteiger partial charge < -0.3 is 4.98 Å². The molecule has 3 saturated heterocycles. The number of nitrogens with zero attached hydrogens (tertiary/aromatic N) is 3. The molecule has 0 aromatic carbocycles. The number of fused-ring (bicyclic) bond motifs is 1. The molecule has 0 bridgehead atoms. The van der Waals surface area contributed by atoms with E-state index in [0.29, 0.717) is 5.54 Å². The van der Waals surface area contributed by atoms with Crippen LogP contribution in [0.2, 0.25) is 0 Å². The zero-order valence-corrected chi connectivity index (χ0v) is 12.5. The Hall–Kier alpha value is -0.870. The highest BCUT2D eigenvalue weighted by Gasteiger charge is 2.57. The van der Waals surface area contributed by atoms with E-state index < -0.39 is 0 Å². The SMILES string of the molecule is C1CCC[N]CC1.c1c[nH]c(CC23CCC[N+]2CC3)n1. The van der Waals surface area contributed by atoms with E-state index in [9.17, 15) is 0 Å². The largest absolute Gasteiger partial charge is 0.348 e. The topological polar surface area (TPSA) is 48.7 Å². The van der Waals surface area contributed by atoms with E-state index in [0.717, 1.165) is 25.3 Å². The quantitative estimate of drug-likeness (QED) is 0.826. The van der Waals surface area contributed by atoms with Crippen molar-refractivity contribution in [1.82, 2.24) is 20.2 Å². The summed E-state index contributed by atoms with van der Waals surface area (Å²) in [7, 11) is 0. The molecule has 20 heavy (non-hydrogen) atoms. The molecule has 1 unspecified atom stereocenters. The second-order valence-electron chi connectivity index (χ2n) is 6.36. The summed E-state index contributed by atoms with van der Waals surface area (Å²) in [5.41, 5.74) is 0.498. The summed E-state index contributed by atoms with van der Waals surface area (Å²) in [6.07, 6.45) is 14.5. The lowest BCUT2D eigenvalue weighted by Gasteiger charge is -2.37. The monoisotopic (exact) mass is 275 g/mol. The lowest BCUT2D eigenvalue weighted by molar-refractivity contribution is 0.120. The van der Waals surface area contributed by atoms with Crippen LogP contribution in [0.3, 0.4) is 0 Å². The smallest absolute Gasteiger partial charge is 0.155 e. The molecule has 0 spiro atoms. The molecule has 3 aliphatic rings. The van der Waals surface area contributed by atoms with Crippen molar-refractivity contribution in [3.63, 3.8) is 0 Å². The molecule has 4 nitrogen and oxygen atoms in total. The van der Waals surface area contributed by atoms with Gasteiger partial charge in [-0.25, -0.2) is 10.3 Å². The number of hydrogen-bond acceptors (Lipinski definition) is 2. The van der Waals surface area contributed by atoms with Gasteiger partial charge in [-0.05, 0) is 12.8 Å². The van der Waals surface area contributed by atoms with Crippen LogP contribution in [-0.2, 0) is 6.42 Å². The van der Waals surface area contributed by atoms with Crippen LogP contribution in [0.1, 0.15) is 50.8 Å². The van der Waals surface area contributed by atoms with Crippen molar-refractivity contribution in [2.24, 2.45) is 0 Å². The van der Waals surface area contributed by atoms with Gasteiger partial charge in [0.2, 0.25) is 0 Å². The fourth-order valence-corrected chi connectivity index (χ4v) is 3.72. The Bertz CT molecular complexity index is 370. The summed E-state index contributed by atoms with van der Waals surface area (Å²) >= 11 is 0. The maximum atomic E-state index is 4.31. The predicted octanol–water partition coefficient (Wildman–Crippen LogP) is 2.19. The van der Waals surface area contributed by atoms with Crippen LogP contribution in [0.4, 0.5) is 0 Å². The molecule has 0 aliphatic carbocycles. The van der Waals surface area contributed by atoms with E-state index in [1.165, 1.54) is 58.0 Å². The zero-order chi connectivity index (χ0) is 13.7. The Balaban J connectivity index is 0.000000147. The van der Waals surface area contributed by atoms with Crippen LogP contribution in [0, 0.1) is 0 Å². The van der Waals surface area contributed by atoms with E-state index in [-0.39, 0.29) is 0 Å². The minimum atomic E-state index is 0.498.